The van der Waals surface area contributed by atoms with Gasteiger partial charge >= 0.3 is 24.5 Å². The third-order valence-corrected chi connectivity index (χ3v) is 9.84. The summed E-state index contributed by atoms with van der Waals surface area (Å²) in [7, 11) is 4.85. The van der Waals surface area contributed by atoms with Crippen molar-refractivity contribution >= 4 is 86.7 Å². The molecule has 6 aromatic carbocycles. The number of aliphatic imine (C=N–C) groups is 1. The highest BCUT2D eigenvalue weighted by Gasteiger charge is 2.31. The Hall–Kier alpha value is -8.58. The van der Waals surface area contributed by atoms with E-state index in [-0.39, 0.29) is 33.4 Å². The minimum atomic E-state index is -4.40. The molecule has 0 saturated heterocycles. The normalized spacial score (nSPS) is 10.2. The highest BCUT2D eigenvalue weighted by molar-refractivity contribution is 7.80. The van der Waals surface area contributed by atoms with Gasteiger partial charge in [-0.15, -0.1) is 5.10 Å². The summed E-state index contributed by atoms with van der Waals surface area (Å²) in [6, 6.07) is 34.4. The molecule has 0 aliphatic heterocycles. The van der Waals surface area contributed by atoms with Gasteiger partial charge in [-0.1, -0.05) is 63.8 Å². The molecule has 1 heterocycles. The molecule has 0 spiro atoms. The number of aromatic nitrogens is 2. The summed E-state index contributed by atoms with van der Waals surface area (Å²) in [4.78, 5) is 27.1. The number of nitrogen functional groups attached to an aromatic ring is 1. The Bertz CT molecular complexity index is 2990. The molecule has 0 fully saturated rings. The molecule has 0 bridgehead atoms. The first kappa shape index (κ1) is 66.4. The molecule has 1 aromatic heterocycles. The molecule has 77 heavy (non-hydrogen) atoms. The van der Waals surface area contributed by atoms with E-state index in [0.29, 0.717) is 56.7 Å². The van der Waals surface area contributed by atoms with Gasteiger partial charge in [-0.3, -0.25) is 25.9 Å². The molecule has 26 heteroatoms. The maximum absolute atomic E-state index is 12.6. The van der Waals surface area contributed by atoms with Crippen LogP contribution in [0.5, 0.6) is 0 Å². The van der Waals surface area contributed by atoms with Crippen LogP contribution in [-0.4, -0.2) is 53.4 Å². The van der Waals surface area contributed by atoms with Gasteiger partial charge in [0.25, 0.3) is 17.7 Å². The predicted molar refractivity (Wildman–Crippen MR) is 291 cm³/mol. The number of carbonyl (C=O) groups is 2. The second kappa shape index (κ2) is 31.3. The van der Waals surface area contributed by atoms with Gasteiger partial charge in [0, 0.05) is 38.2 Å². The average Bonchev–Trinajstić information content (AvgIpc) is 3.88. The molecule has 0 saturated carbocycles. The minimum Gasteiger partial charge on any atom is -0.403 e. The monoisotopic (exact) mass is 1120 g/mol. The van der Waals surface area contributed by atoms with Crippen molar-refractivity contribution in [2.45, 2.75) is 40.8 Å². The van der Waals surface area contributed by atoms with Gasteiger partial charge in [-0.05, 0) is 134 Å². The third-order valence-electron chi connectivity index (χ3n) is 9.35. The fourth-order valence-electron chi connectivity index (χ4n) is 5.81. The van der Waals surface area contributed by atoms with E-state index in [1.165, 1.54) is 36.4 Å². The zero-order valence-corrected chi connectivity index (χ0v) is 40.4. The number of hydrogen-bond acceptors (Lipinski definition) is 13. The molecule has 7 rings (SSSR count). The van der Waals surface area contributed by atoms with Gasteiger partial charge in [-0.25, -0.2) is 10.8 Å². The fourth-order valence-corrected chi connectivity index (χ4v) is 5.86. The molecule has 15 nitrogen and oxygen atoms in total. The van der Waals surface area contributed by atoms with Crippen molar-refractivity contribution in [3.63, 3.8) is 0 Å². The van der Waals surface area contributed by atoms with Crippen LogP contribution in [0.1, 0.15) is 59.7 Å². The topological polar surface area (TPSA) is 208 Å². The molecule has 0 atom stereocenters. The smallest absolute Gasteiger partial charge is 0.403 e. The van der Waals surface area contributed by atoms with E-state index >= 15 is 0 Å². The Morgan fingerprint density at radius 3 is 1.27 bits per heavy atom. The fraction of sp³-hybridized carbons (Fsp3) is 0.176. The van der Waals surface area contributed by atoms with E-state index in [1.807, 2.05) is 5.43 Å². The summed E-state index contributed by atoms with van der Waals surface area (Å²) in [6.45, 7) is 0. The Morgan fingerprint density at radius 2 is 0.922 bits per heavy atom. The number of benzene rings is 6. The lowest BCUT2D eigenvalue weighted by atomic mass is 10.1. The first-order valence-corrected chi connectivity index (χ1v) is 21.8. The second-order valence-corrected chi connectivity index (χ2v) is 14.9. The van der Waals surface area contributed by atoms with E-state index in [2.05, 4.69) is 70.0 Å². The lowest BCUT2D eigenvalue weighted by Gasteiger charge is -2.14. The molecule has 0 radical (unpaired) electrons. The van der Waals surface area contributed by atoms with Gasteiger partial charge in [-0.2, -0.15) is 39.5 Å². The Balaban J connectivity index is 0.000000548. The van der Waals surface area contributed by atoms with Crippen LogP contribution in [0.25, 0.3) is 11.5 Å². The zero-order chi connectivity index (χ0) is 54.5. The molecule has 7 aromatic rings. The first-order valence-electron chi connectivity index (χ1n) is 21.0. The molecule has 2 amide bonds. The number of nitrogens with one attached hydrogen (secondary N) is 8. The van der Waals surface area contributed by atoms with E-state index in [1.54, 1.807) is 93.9 Å². The number of amides is 2. The van der Waals surface area contributed by atoms with Gasteiger partial charge < -0.3 is 31.0 Å². The minimum absolute atomic E-state index is 0. The molecule has 0 aliphatic carbocycles. The number of hydrogen-bond donors (Lipinski definition) is 9. The number of rotatable bonds is 10. The number of isothiocyanates is 1. The van der Waals surface area contributed by atoms with E-state index in [9.17, 15) is 49.1 Å². The number of carbonyl (C=O) groups excluding carboxylic acids is 2. The summed E-state index contributed by atoms with van der Waals surface area (Å²) in [5, 5.41) is 24.4. The summed E-state index contributed by atoms with van der Waals surface area (Å²) in [5.74, 6) is 4.44. The summed E-state index contributed by atoms with van der Waals surface area (Å²) < 4.78 is 119. The zero-order valence-electron chi connectivity index (χ0n) is 38.7. The van der Waals surface area contributed by atoms with Gasteiger partial charge in [0.2, 0.25) is 0 Å². The third kappa shape index (κ3) is 20.9. The summed E-state index contributed by atoms with van der Waals surface area (Å²) in [6.07, 6.45) is -13.1. The van der Waals surface area contributed by atoms with Crippen molar-refractivity contribution < 1.29 is 53.5 Å². The van der Waals surface area contributed by atoms with Crippen LogP contribution in [0, 0.1) is 0 Å². The Labute approximate surface area is 449 Å². The predicted octanol–water partition coefficient (Wildman–Crippen LogP) is 13.4. The quantitative estimate of drug-likeness (QED) is 0.0156. The molecular formula is C51H55F9N12O3S2. The number of thiocarbonyl (C=S) groups is 2. The van der Waals surface area contributed by atoms with Crippen LogP contribution < -0.4 is 48.7 Å². The van der Waals surface area contributed by atoms with E-state index in [4.69, 9.17) is 22.5 Å². The van der Waals surface area contributed by atoms with Crippen LogP contribution in [0.15, 0.2) is 155 Å². The largest absolute Gasteiger partial charge is 0.416 e. The molecule has 0 unspecified atom stereocenters. The Morgan fingerprint density at radius 1 is 0.558 bits per heavy atom. The van der Waals surface area contributed by atoms with E-state index < -0.39 is 47.0 Å². The van der Waals surface area contributed by atoms with Crippen molar-refractivity contribution in [2.75, 3.05) is 42.4 Å². The summed E-state index contributed by atoms with van der Waals surface area (Å²) >= 11 is 9.00. The van der Waals surface area contributed by atoms with Crippen LogP contribution in [0.2, 0.25) is 0 Å². The molecule has 10 N–H and O–H groups in total. The number of halogens is 9. The highest BCUT2D eigenvalue weighted by atomic mass is 32.1. The SMILES string of the molecule is C.C.C.CN=C=S.CNC(=S)NNC(=O)c1ccccc1Nc1ccc(C(F)(F)F)cc1.CNc1nnc(-c2ccccc2Nc2ccc(C(F)(F)F)cc2)o1.NNC(=O)c1ccccc1Nc1ccc(C(F)(F)F)cc1. The lowest BCUT2D eigenvalue weighted by molar-refractivity contribution is -0.138. The van der Waals surface area contributed by atoms with Crippen molar-refractivity contribution in [3.8, 4) is 11.5 Å². The molecule has 0 aliphatic rings. The van der Waals surface area contributed by atoms with Crippen LogP contribution >= 0.6 is 24.4 Å². The van der Waals surface area contributed by atoms with Crippen LogP contribution in [-0.2, 0) is 18.5 Å². The molecule has 412 valence electrons. The van der Waals surface area contributed by atoms with Crippen molar-refractivity contribution in [3.05, 3.63) is 173 Å². The molecular weight excluding hydrogens is 1060 g/mol. The van der Waals surface area contributed by atoms with Crippen LogP contribution in [0.3, 0.4) is 0 Å². The average molecular weight is 1120 g/mol. The van der Waals surface area contributed by atoms with Gasteiger partial charge in [0.05, 0.1) is 55.6 Å². The van der Waals surface area contributed by atoms with E-state index in [0.717, 1.165) is 36.4 Å². The number of para-hydroxylation sites is 3. The maximum atomic E-state index is 12.6. The lowest BCUT2D eigenvalue weighted by Crippen LogP contribution is -2.45. The number of anilines is 7. The van der Waals surface area contributed by atoms with Crippen molar-refractivity contribution in [1.82, 2.24) is 31.8 Å². The van der Waals surface area contributed by atoms with Crippen LogP contribution in [0.4, 0.5) is 79.7 Å². The van der Waals surface area contributed by atoms with Crippen molar-refractivity contribution in [2.24, 2.45) is 10.8 Å². The van der Waals surface area contributed by atoms with Gasteiger partial charge in [0.15, 0.2) is 5.11 Å². The second-order valence-electron chi connectivity index (χ2n) is 14.3. The number of alkyl halides is 9. The first-order chi connectivity index (χ1) is 35.1. The Kier molecular flexibility index (Phi) is 27.0. The summed E-state index contributed by atoms with van der Waals surface area (Å²) in [5.41, 5.74) is 8.91. The number of nitrogens with two attached hydrogens (primary N) is 1. The van der Waals surface area contributed by atoms with Crippen molar-refractivity contribution in [1.29, 1.82) is 0 Å². The van der Waals surface area contributed by atoms with Gasteiger partial charge in [0.1, 0.15) is 0 Å². The highest BCUT2D eigenvalue weighted by Crippen LogP contribution is 2.35. The number of hydrazine groups is 2. The maximum Gasteiger partial charge on any atom is 0.416 e. The number of nitrogens with zero attached hydrogens (tertiary/aromatic N) is 3. The standard InChI is InChI=1S/C16H15F3N4OS.C16H13F3N4O.C14H12F3N3O.C2H3NS.3CH4/c1-20-15(25)23-22-14(24)12-4-2-3-5-13(12)21-11-8-6-10(7-9-11)16(17,18)19;1-20-15-23-22-14(24-15)12-4-2-3-5-13(12)21-11-8-6-10(7-9-11)16(17,18)19;15-14(16,17)9-5-7-10(8-6-9)19-12-4-2-1-3-11(12)13(21)20-18;1-3-2-4;;;/h2-9,21H,1H3,(H,22,24)(H2,20,23,25);2-9,21H,1H3,(H,20,23);1-8,19H,18H2,(H,20,21);1H3;3*1H4.